The van der Waals surface area contributed by atoms with Crippen molar-refractivity contribution in [2.45, 2.75) is 9.79 Å². The van der Waals surface area contributed by atoms with Crippen molar-refractivity contribution in [3.63, 3.8) is 0 Å². The molecule has 2 N–H and O–H groups in total. The van der Waals surface area contributed by atoms with Crippen LogP contribution in [-0.4, -0.2) is 31.0 Å². The first-order valence-corrected chi connectivity index (χ1v) is 11.2. The molecule has 11 heteroatoms. The van der Waals surface area contributed by atoms with Gasteiger partial charge in [-0.05, 0) is 40.4 Å². The molecular formula is C20H14NiO8S2. The van der Waals surface area contributed by atoms with E-state index in [1.165, 1.54) is 48.5 Å². The van der Waals surface area contributed by atoms with Gasteiger partial charge in [-0.2, -0.15) is 8.42 Å². The van der Waals surface area contributed by atoms with Crippen molar-refractivity contribution in [1.82, 2.24) is 0 Å². The number of phenolic OH excluding ortho intramolecular Hbond substituents is 1. The van der Waals surface area contributed by atoms with Gasteiger partial charge in [-0.25, -0.2) is 8.42 Å². The number of rotatable bonds is 2. The Morgan fingerprint density at radius 1 is 0.710 bits per heavy atom. The molecule has 164 valence electrons. The zero-order valence-corrected chi connectivity index (χ0v) is 18.0. The molecule has 0 bridgehead atoms. The number of benzene rings is 4. The van der Waals surface area contributed by atoms with Crippen molar-refractivity contribution in [3.05, 3.63) is 72.8 Å². The first-order valence-electron chi connectivity index (χ1n) is 8.32. The summed E-state index contributed by atoms with van der Waals surface area (Å²) in [5, 5.41) is 22.0. The van der Waals surface area contributed by atoms with E-state index in [4.69, 9.17) is 4.55 Å². The molecule has 0 aliphatic heterocycles. The van der Waals surface area contributed by atoms with Crippen LogP contribution in [0.15, 0.2) is 82.6 Å². The summed E-state index contributed by atoms with van der Waals surface area (Å²) in [6, 6.07) is 17.1. The average molecular weight is 505 g/mol. The number of phenols is 1. The van der Waals surface area contributed by atoms with Gasteiger partial charge in [0.15, 0.2) is 0 Å². The van der Waals surface area contributed by atoms with Gasteiger partial charge in [0.1, 0.15) is 20.8 Å². The summed E-state index contributed by atoms with van der Waals surface area (Å²) in [6.45, 7) is 0. The number of fused-ring (bicyclic) bond motifs is 2. The molecule has 0 aliphatic carbocycles. The van der Waals surface area contributed by atoms with Gasteiger partial charge in [0, 0.05) is 5.39 Å². The molecule has 0 aliphatic rings. The fourth-order valence-corrected chi connectivity index (χ4v) is 4.29. The molecule has 4 aromatic rings. The molecule has 0 saturated heterocycles. The van der Waals surface area contributed by atoms with Crippen LogP contribution in [0.25, 0.3) is 21.5 Å². The van der Waals surface area contributed by atoms with Crippen LogP contribution in [0.2, 0.25) is 0 Å². The third-order valence-electron chi connectivity index (χ3n) is 4.19. The Morgan fingerprint density at radius 2 is 1.23 bits per heavy atom. The van der Waals surface area contributed by atoms with E-state index in [0.29, 0.717) is 16.2 Å². The van der Waals surface area contributed by atoms with Gasteiger partial charge >= 0.3 is 16.5 Å². The third kappa shape index (κ3) is 5.72. The van der Waals surface area contributed by atoms with Crippen LogP contribution < -0.4 is 5.11 Å². The number of hydrogen-bond donors (Lipinski definition) is 2. The summed E-state index contributed by atoms with van der Waals surface area (Å²) in [6.07, 6.45) is 0. The fraction of sp³-hybridized carbons (Fsp3) is 0. The van der Waals surface area contributed by atoms with Gasteiger partial charge in [-0.15, -0.1) is 5.75 Å². The quantitative estimate of drug-likeness (QED) is 0.311. The van der Waals surface area contributed by atoms with Gasteiger partial charge in [0.05, 0.1) is 4.90 Å². The second-order valence-electron chi connectivity index (χ2n) is 6.23. The summed E-state index contributed by atoms with van der Waals surface area (Å²) in [5.41, 5.74) is 0. The third-order valence-corrected chi connectivity index (χ3v) is 5.99. The summed E-state index contributed by atoms with van der Waals surface area (Å²) < 4.78 is 63.7. The monoisotopic (exact) mass is 504 g/mol. The second-order valence-corrected chi connectivity index (χ2v) is 8.97. The molecule has 0 spiro atoms. The summed E-state index contributed by atoms with van der Waals surface area (Å²) in [7, 11) is -8.79. The molecule has 4 rings (SSSR count). The van der Waals surface area contributed by atoms with Gasteiger partial charge in [0.2, 0.25) is 0 Å². The van der Waals surface area contributed by atoms with Crippen LogP contribution in [0, 0.1) is 0 Å². The Morgan fingerprint density at radius 3 is 1.77 bits per heavy atom. The predicted octanol–water partition coefficient (Wildman–Crippen LogP) is 2.61. The minimum Gasteiger partial charge on any atom is -0.872 e. The van der Waals surface area contributed by atoms with Crippen LogP contribution in [0.5, 0.6) is 11.5 Å². The van der Waals surface area contributed by atoms with Gasteiger partial charge in [0.25, 0.3) is 10.1 Å². The molecule has 31 heavy (non-hydrogen) atoms. The molecule has 0 heterocycles. The van der Waals surface area contributed by atoms with Crippen molar-refractivity contribution in [3.8, 4) is 11.5 Å². The fourth-order valence-electron chi connectivity index (χ4n) is 2.90. The SMILES string of the molecule is O=S(=O)(O)c1cccc2ccc(O)cc12.O=S(=O)([O-])c1cccc2ccc([O-])cc12.[Ni+2]. The van der Waals surface area contributed by atoms with Crippen molar-refractivity contribution in [2.24, 2.45) is 0 Å². The van der Waals surface area contributed by atoms with Crippen molar-refractivity contribution in [2.75, 3.05) is 0 Å². The Balaban J connectivity index is 0.000000213. The molecule has 0 unspecified atom stereocenters. The second kappa shape index (κ2) is 9.21. The van der Waals surface area contributed by atoms with Crippen LogP contribution >= 0.6 is 0 Å². The maximum absolute atomic E-state index is 11.1. The van der Waals surface area contributed by atoms with Crippen molar-refractivity contribution < 1.29 is 52.6 Å². The molecule has 0 fully saturated rings. The first-order chi connectivity index (χ1) is 14.0. The molecule has 0 atom stereocenters. The zero-order chi connectivity index (χ0) is 22.1. The normalized spacial score (nSPS) is 11.4. The Bertz CT molecular complexity index is 1350. The van der Waals surface area contributed by atoms with Gasteiger partial charge in [-0.1, -0.05) is 48.5 Å². The Kier molecular flexibility index (Phi) is 7.30. The summed E-state index contributed by atoms with van der Waals surface area (Å²) in [4.78, 5) is -0.548. The number of hydrogen-bond acceptors (Lipinski definition) is 7. The van der Waals surface area contributed by atoms with Crippen molar-refractivity contribution in [1.29, 1.82) is 0 Å². The Labute approximate surface area is 188 Å². The van der Waals surface area contributed by atoms with Gasteiger partial charge < -0.3 is 14.8 Å². The Hall–Kier alpha value is -2.69. The molecule has 4 aromatic carbocycles. The maximum atomic E-state index is 11.1. The number of aromatic hydroxyl groups is 1. The van der Waals surface area contributed by atoms with E-state index in [2.05, 4.69) is 0 Å². The van der Waals surface area contributed by atoms with Crippen molar-refractivity contribution >= 4 is 41.8 Å². The van der Waals surface area contributed by atoms with E-state index in [9.17, 15) is 31.6 Å². The van der Waals surface area contributed by atoms with E-state index in [-0.39, 0.29) is 43.2 Å². The van der Waals surface area contributed by atoms with Crippen LogP contribution in [0.4, 0.5) is 0 Å². The zero-order valence-electron chi connectivity index (χ0n) is 15.4. The molecule has 0 aromatic heterocycles. The minimum absolute atomic E-state index is 0. The van der Waals surface area contributed by atoms with E-state index in [1.807, 2.05) is 0 Å². The summed E-state index contributed by atoms with van der Waals surface area (Å²) >= 11 is 0. The first kappa shape index (κ1) is 24.6. The van der Waals surface area contributed by atoms with Crippen LogP contribution in [0.1, 0.15) is 0 Å². The molecule has 8 nitrogen and oxygen atoms in total. The summed E-state index contributed by atoms with van der Waals surface area (Å²) in [5.74, 6) is -0.364. The largest absolute Gasteiger partial charge is 2.00 e. The minimum atomic E-state index is -4.54. The van der Waals surface area contributed by atoms with E-state index >= 15 is 0 Å². The van der Waals surface area contributed by atoms with E-state index < -0.39 is 20.2 Å². The van der Waals surface area contributed by atoms with Crippen LogP contribution in [-0.2, 0) is 36.7 Å². The van der Waals surface area contributed by atoms with Crippen LogP contribution in [0.3, 0.4) is 0 Å². The molecule has 0 amide bonds. The molecule has 0 radical (unpaired) electrons. The van der Waals surface area contributed by atoms with E-state index in [1.54, 1.807) is 18.2 Å². The van der Waals surface area contributed by atoms with E-state index in [0.717, 1.165) is 6.07 Å². The smallest absolute Gasteiger partial charge is 0.872 e. The average Bonchev–Trinajstić information content (AvgIpc) is 2.66. The van der Waals surface area contributed by atoms with Gasteiger partial charge in [-0.3, -0.25) is 4.55 Å². The topological polar surface area (TPSA) is 155 Å². The maximum Gasteiger partial charge on any atom is 2.00 e. The molecule has 0 saturated carbocycles. The standard InChI is InChI=1S/2C10H8O4S.Ni/c2*11-8-5-4-7-2-1-3-10(9(7)6-8)15(12,13)14;/h2*1-6,11H,(H,12,13,14);/q;;+2/p-2. The molecular weight excluding hydrogens is 491 g/mol. The predicted molar refractivity (Wildman–Crippen MR) is 107 cm³/mol.